The summed E-state index contributed by atoms with van der Waals surface area (Å²) >= 11 is 1.26. The Morgan fingerprint density at radius 2 is 1.75 bits per heavy atom. The number of nitriles is 1. The molecule has 0 amide bonds. The summed E-state index contributed by atoms with van der Waals surface area (Å²) in [5.74, 6) is -0.315. The molecule has 1 aromatic heterocycles. The molecule has 0 radical (unpaired) electrons. The molecule has 32 heavy (non-hydrogen) atoms. The molecule has 3 aromatic rings. The maximum Gasteiger partial charge on any atom is 0.319 e. The molecule has 0 unspecified atom stereocenters. The first kappa shape index (κ1) is 23.6. The van der Waals surface area contributed by atoms with Crippen LogP contribution in [0.1, 0.15) is 45.7 Å². The number of esters is 1. The minimum atomic E-state index is -0.475. The number of pyridine rings is 1. The lowest BCUT2D eigenvalue weighted by molar-refractivity contribution is -0.142. The van der Waals surface area contributed by atoms with Gasteiger partial charge in [-0.05, 0) is 36.5 Å². The molecule has 0 saturated carbocycles. The van der Waals surface area contributed by atoms with Crippen LogP contribution in [0.4, 0.5) is 0 Å². The summed E-state index contributed by atoms with van der Waals surface area (Å²) in [6.07, 6.45) is 0. The van der Waals surface area contributed by atoms with Crippen LogP contribution in [-0.2, 0) is 14.9 Å². The molecular weight excluding hydrogens is 416 g/mol. The minimum Gasteiger partial charge on any atom is -0.465 e. The Morgan fingerprint density at radius 1 is 1.09 bits per heavy atom. The molecule has 4 nitrogen and oxygen atoms in total. The number of rotatable bonds is 6. The van der Waals surface area contributed by atoms with Gasteiger partial charge < -0.3 is 4.74 Å². The van der Waals surface area contributed by atoms with Crippen LogP contribution in [0.25, 0.3) is 22.4 Å². The fourth-order valence-corrected chi connectivity index (χ4v) is 4.25. The molecule has 3 rings (SSSR count). The normalized spacial score (nSPS) is 12.1. The number of hydrogen-bond acceptors (Lipinski definition) is 5. The number of nitrogens with zero attached hydrogens (tertiary/aromatic N) is 2. The fourth-order valence-electron chi connectivity index (χ4n) is 3.32. The van der Waals surface area contributed by atoms with Gasteiger partial charge in [0.1, 0.15) is 16.3 Å². The van der Waals surface area contributed by atoms with Gasteiger partial charge in [-0.3, -0.25) is 4.79 Å². The van der Waals surface area contributed by atoms with Gasteiger partial charge in [0, 0.05) is 11.1 Å². The molecule has 0 N–H and O–H groups in total. The Bertz CT molecular complexity index is 1130. The summed E-state index contributed by atoms with van der Waals surface area (Å²) in [5.41, 5.74) is 5.20. The molecule has 0 saturated heterocycles. The van der Waals surface area contributed by atoms with E-state index >= 15 is 0 Å². The third kappa shape index (κ3) is 5.38. The molecule has 0 spiro atoms. The average Bonchev–Trinajstić information content (AvgIpc) is 2.78. The van der Waals surface area contributed by atoms with Crippen LogP contribution in [-0.4, -0.2) is 22.8 Å². The highest BCUT2D eigenvalue weighted by atomic mass is 32.2. The average molecular weight is 445 g/mol. The van der Waals surface area contributed by atoms with E-state index in [-0.39, 0.29) is 11.4 Å². The van der Waals surface area contributed by atoms with Gasteiger partial charge in [-0.1, -0.05) is 87.1 Å². The summed E-state index contributed by atoms with van der Waals surface area (Å²) in [7, 11) is 0. The molecule has 5 heteroatoms. The van der Waals surface area contributed by atoms with Crippen molar-refractivity contribution in [2.75, 3.05) is 6.61 Å². The number of benzene rings is 2. The van der Waals surface area contributed by atoms with Crippen LogP contribution in [0.5, 0.6) is 0 Å². The maximum absolute atomic E-state index is 12.2. The van der Waals surface area contributed by atoms with Crippen LogP contribution in [0.2, 0.25) is 0 Å². The Balaban J connectivity index is 2.15. The second kappa shape index (κ2) is 10.0. The molecule has 0 aliphatic carbocycles. The van der Waals surface area contributed by atoms with Crippen molar-refractivity contribution in [1.29, 1.82) is 5.26 Å². The standard InChI is InChI=1S/C27H28N2O2S/c1-6-31-26(30)18(2)32-25-23(17-28)22(16-24(29-25)20-10-8-7-9-11-20)19-12-14-21(15-13-19)27(3,4)5/h7-16,18H,6H2,1-5H3/t18-/m0/s1. The van der Waals surface area contributed by atoms with Gasteiger partial charge in [0.25, 0.3) is 0 Å². The summed E-state index contributed by atoms with van der Waals surface area (Å²) in [6.45, 7) is 10.4. The van der Waals surface area contributed by atoms with Gasteiger partial charge in [-0.25, -0.2) is 4.98 Å². The van der Waals surface area contributed by atoms with E-state index in [1.165, 1.54) is 17.3 Å². The molecular formula is C27H28N2O2S. The predicted octanol–water partition coefficient (Wildman–Crippen LogP) is 6.63. The first-order valence-corrected chi connectivity index (χ1v) is 11.6. The summed E-state index contributed by atoms with van der Waals surface area (Å²) in [4.78, 5) is 17.0. The molecule has 0 aliphatic heterocycles. The Labute approximate surface area is 194 Å². The largest absolute Gasteiger partial charge is 0.465 e. The third-order valence-electron chi connectivity index (χ3n) is 5.14. The van der Waals surface area contributed by atoms with E-state index < -0.39 is 5.25 Å². The quantitative estimate of drug-likeness (QED) is 0.315. The van der Waals surface area contributed by atoms with Crippen molar-refractivity contribution in [2.45, 2.75) is 50.3 Å². The minimum absolute atomic E-state index is 0.0418. The van der Waals surface area contributed by atoms with Crippen molar-refractivity contribution in [1.82, 2.24) is 4.98 Å². The monoisotopic (exact) mass is 444 g/mol. The van der Waals surface area contributed by atoms with E-state index in [1.807, 2.05) is 36.4 Å². The number of thioether (sulfide) groups is 1. The van der Waals surface area contributed by atoms with Crippen LogP contribution < -0.4 is 0 Å². The Morgan fingerprint density at radius 3 is 2.31 bits per heavy atom. The van der Waals surface area contributed by atoms with Gasteiger partial charge in [0.15, 0.2) is 0 Å². The Hall–Kier alpha value is -3.10. The fraction of sp³-hybridized carbons (Fsp3) is 0.296. The second-order valence-electron chi connectivity index (χ2n) is 8.55. The lowest BCUT2D eigenvalue weighted by Crippen LogP contribution is -2.17. The van der Waals surface area contributed by atoms with Crippen LogP contribution in [0, 0.1) is 11.3 Å². The van der Waals surface area contributed by atoms with Gasteiger partial charge in [0.05, 0.1) is 17.9 Å². The summed E-state index contributed by atoms with van der Waals surface area (Å²) < 4.78 is 5.15. The molecule has 1 heterocycles. The number of aromatic nitrogens is 1. The number of ether oxygens (including phenoxy) is 1. The van der Waals surface area contributed by atoms with Crippen LogP contribution >= 0.6 is 11.8 Å². The molecule has 1 atom stereocenters. The second-order valence-corrected chi connectivity index (χ2v) is 9.88. The highest BCUT2D eigenvalue weighted by Crippen LogP contribution is 2.36. The van der Waals surface area contributed by atoms with Gasteiger partial charge in [-0.15, -0.1) is 0 Å². The first-order valence-electron chi connectivity index (χ1n) is 10.7. The van der Waals surface area contributed by atoms with Crippen molar-refractivity contribution >= 4 is 17.7 Å². The van der Waals surface area contributed by atoms with E-state index in [2.05, 4.69) is 51.1 Å². The van der Waals surface area contributed by atoms with Gasteiger partial charge in [0.2, 0.25) is 0 Å². The lowest BCUT2D eigenvalue weighted by atomic mass is 9.86. The molecule has 164 valence electrons. The number of carbonyl (C=O) groups excluding carboxylic acids is 1. The lowest BCUT2D eigenvalue weighted by Gasteiger charge is -2.20. The molecule has 0 fully saturated rings. The summed E-state index contributed by atoms with van der Waals surface area (Å²) in [6, 6.07) is 22.4. The van der Waals surface area contributed by atoms with E-state index in [4.69, 9.17) is 9.72 Å². The van der Waals surface area contributed by atoms with Crippen molar-refractivity contribution in [3.8, 4) is 28.5 Å². The van der Waals surface area contributed by atoms with Crippen molar-refractivity contribution < 1.29 is 9.53 Å². The zero-order valence-corrected chi connectivity index (χ0v) is 20.0. The molecule has 0 aliphatic rings. The van der Waals surface area contributed by atoms with E-state index in [0.29, 0.717) is 17.2 Å². The predicted molar refractivity (Wildman–Crippen MR) is 130 cm³/mol. The highest BCUT2D eigenvalue weighted by Gasteiger charge is 2.22. The van der Waals surface area contributed by atoms with E-state index in [9.17, 15) is 10.1 Å². The van der Waals surface area contributed by atoms with Crippen molar-refractivity contribution in [3.05, 3.63) is 71.8 Å². The SMILES string of the molecule is CCOC(=O)[C@H](C)Sc1nc(-c2ccccc2)cc(-c2ccc(C(C)(C)C)cc2)c1C#N. The van der Waals surface area contributed by atoms with Crippen LogP contribution in [0.15, 0.2) is 65.7 Å². The van der Waals surface area contributed by atoms with Gasteiger partial charge >= 0.3 is 5.97 Å². The number of hydrogen-bond donors (Lipinski definition) is 0. The topological polar surface area (TPSA) is 63.0 Å². The zero-order valence-electron chi connectivity index (χ0n) is 19.2. The maximum atomic E-state index is 12.2. The smallest absolute Gasteiger partial charge is 0.319 e. The summed E-state index contributed by atoms with van der Waals surface area (Å²) in [5, 5.41) is 10.1. The molecule has 2 aromatic carbocycles. The van der Waals surface area contributed by atoms with Crippen LogP contribution in [0.3, 0.4) is 0 Å². The van der Waals surface area contributed by atoms with Crippen molar-refractivity contribution in [3.63, 3.8) is 0 Å². The third-order valence-corrected chi connectivity index (χ3v) is 6.20. The highest BCUT2D eigenvalue weighted by molar-refractivity contribution is 8.00. The van der Waals surface area contributed by atoms with E-state index in [1.54, 1.807) is 13.8 Å². The van der Waals surface area contributed by atoms with Gasteiger partial charge in [-0.2, -0.15) is 5.26 Å². The number of carbonyl (C=O) groups is 1. The first-order chi connectivity index (χ1) is 15.2. The zero-order chi connectivity index (χ0) is 23.3. The Kier molecular flexibility index (Phi) is 7.37. The van der Waals surface area contributed by atoms with Crippen molar-refractivity contribution in [2.24, 2.45) is 0 Å². The van der Waals surface area contributed by atoms with E-state index in [0.717, 1.165) is 22.4 Å². The molecule has 0 bridgehead atoms.